The number of nitrogens with zero attached hydrogens (tertiary/aromatic N) is 4. The summed E-state index contributed by atoms with van der Waals surface area (Å²) in [4.78, 5) is 11.9. The van der Waals surface area contributed by atoms with Crippen LogP contribution in [0.3, 0.4) is 0 Å². The number of carbonyl (C=O) groups excluding carboxylic acids is 1. The molecule has 0 aliphatic carbocycles. The Balaban J connectivity index is 1.96. The van der Waals surface area contributed by atoms with E-state index in [-0.39, 0.29) is 0 Å². The minimum Gasteiger partial charge on any atom is -0.465 e. The highest BCUT2D eigenvalue weighted by Gasteiger charge is 2.15. The van der Waals surface area contributed by atoms with Crippen LogP contribution >= 0.6 is 0 Å². The third kappa shape index (κ3) is 3.03. The van der Waals surface area contributed by atoms with Crippen LogP contribution in [0.4, 0.5) is 0 Å². The van der Waals surface area contributed by atoms with Crippen molar-refractivity contribution >= 4 is 11.5 Å². The van der Waals surface area contributed by atoms with Gasteiger partial charge in [-0.25, -0.2) is 9.31 Å². The first-order chi connectivity index (χ1) is 11.6. The zero-order valence-electron chi connectivity index (χ0n) is 14.0. The van der Waals surface area contributed by atoms with E-state index < -0.39 is 5.97 Å². The summed E-state index contributed by atoms with van der Waals surface area (Å²) in [5, 5.41) is 8.73. The Morgan fingerprint density at radius 2 is 2.17 bits per heavy atom. The fourth-order valence-electron chi connectivity index (χ4n) is 2.70. The largest absolute Gasteiger partial charge is 0.465 e. The Bertz CT molecular complexity index is 866. The summed E-state index contributed by atoms with van der Waals surface area (Å²) in [7, 11) is 3.06. The molecular weight excluding hydrogens is 308 g/mol. The van der Waals surface area contributed by atoms with E-state index >= 15 is 0 Å². The predicted molar refractivity (Wildman–Crippen MR) is 89.0 cm³/mol. The van der Waals surface area contributed by atoms with Gasteiger partial charge in [0.1, 0.15) is 5.56 Å². The SMILES string of the molecule is COCCCn1cc(-c2ccn3ncc(C(=O)OC)c3c2)c(C)n1. The number of carbonyl (C=O) groups is 1. The molecule has 0 unspecified atom stereocenters. The zero-order valence-corrected chi connectivity index (χ0v) is 14.0. The van der Waals surface area contributed by atoms with Gasteiger partial charge in [0.05, 0.1) is 24.5 Å². The van der Waals surface area contributed by atoms with Gasteiger partial charge in [0.25, 0.3) is 0 Å². The number of ether oxygens (including phenoxy) is 2. The lowest BCUT2D eigenvalue weighted by molar-refractivity contribution is 0.0603. The van der Waals surface area contributed by atoms with Crippen molar-refractivity contribution in [2.24, 2.45) is 0 Å². The van der Waals surface area contributed by atoms with E-state index in [2.05, 4.69) is 10.2 Å². The number of pyridine rings is 1. The Morgan fingerprint density at radius 1 is 1.33 bits per heavy atom. The summed E-state index contributed by atoms with van der Waals surface area (Å²) in [5.41, 5.74) is 4.13. The first-order valence-corrected chi connectivity index (χ1v) is 7.73. The molecule has 0 spiro atoms. The summed E-state index contributed by atoms with van der Waals surface area (Å²) in [5.74, 6) is -0.394. The molecule has 7 heteroatoms. The Kier molecular flexibility index (Phi) is 4.61. The van der Waals surface area contributed by atoms with E-state index in [9.17, 15) is 4.79 Å². The molecule has 0 aliphatic rings. The number of rotatable bonds is 6. The minimum atomic E-state index is -0.394. The second-order valence-corrected chi connectivity index (χ2v) is 5.53. The van der Waals surface area contributed by atoms with Gasteiger partial charge in [0.15, 0.2) is 0 Å². The maximum atomic E-state index is 11.9. The van der Waals surface area contributed by atoms with E-state index in [0.717, 1.165) is 29.8 Å². The topological polar surface area (TPSA) is 70.7 Å². The van der Waals surface area contributed by atoms with Crippen LogP contribution in [0.5, 0.6) is 0 Å². The average Bonchev–Trinajstić information content (AvgIpc) is 3.17. The molecule has 3 aromatic rings. The van der Waals surface area contributed by atoms with Crippen molar-refractivity contribution in [1.29, 1.82) is 0 Å². The molecular formula is C17H20N4O3. The Hall–Kier alpha value is -2.67. The summed E-state index contributed by atoms with van der Waals surface area (Å²) in [6, 6.07) is 3.90. The molecule has 0 N–H and O–H groups in total. The van der Waals surface area contributed by atoms with E-state index in [1.54, 1.807) is 11.6 Å². The summed E-state index contributed by atoms with van der Waals surface area (Å²) in [6.45, 7) is 3.49. The summed E-state index contributed by atoms with van der Waals surface area (Å²) < 4.78 is 13.5. The van der Waals surface area contributed by atoms with E-state index in [1.165, 1.54) is 13.3 Å². The number of methoxy groups -OCH3 is 2. The maximum Gasteiger partial charge on any atom is 0.341 e. The molecule has 0 aromatic carbocycles. The molecule has 3 rings (SSSR count). The molecule has 0 saturated carbocycles. The van der Waals surface area contributed by atoms with Gasteiger partial charge in [-0.2, -0.15) is 10.2 Å². The number of fused-ring (bicyclic) bond motifs is 1. The summed E-state index contributed by atoms with van der Waals surface area (Å²) in [6.07, 6.45) is 6.28. The Labute approximate surface area is 139 Å². The fourth-order valence-corrected chi connectivity index (χ4v) is 2.70. The van der Waals surface area contributed by atoms with Crippen LogP contribution in [0.15, 0.2) is 30.7 Å². The number of aryl methyl sites for hydroxylation is 2. The quantitative estimate of drug-likeness (QED) is 0.513. The molecule has 7 nitrogen and oxygen atoms in total. The molecule has 3 aromatic heterocycles. The van der Waals surface area contributed by atoms with Crippen molar-refractivity contribution in [1.82, 2.24) is 19.4 Å². The molecule has 0 amide bonds. The second kappa shape index (κ2) is 6.84. The molecule has 0 fully saturated rings. The third-order valence-corrected chi connectivity index (χ3v) is 3.92. The summed E-state index contributed by atoms with van der Waals surface area (Å²) >= 11 is 0. The van der Waals surface area contributed by atoms with Crippen LogP contribution in [0.25, 0.3) is 16.6 Å². The molecule has 0 bridgehead atoms. The standard InChI is InChI=1S/C17H20N4O3/c1-12-15(11-20(19-12)6-4-8-23-2)13-5-7-21-16(9-13)14(10-18-21)17(22)24-3/h5,7,9-11H,4,6,8H2,1-3H3. The van der Waals surface area contributed by atoms with Crippen LogP contribution in [0.2, 0.25) is 0 Å². The molecule has 0 radical (unpaired) electrons. The van der Waals surface area contributed by atoms with Crippen molar-refractivity contribution in [3.8, 4) is 11.1 Å². The van der Waals surface area contributed by atoms with E-state index in [0.29, 0.717) is 17.7 Å². The molecule has 126 valence electrons. The molecule has 24 heavy (non-hydrogen) atoms. The first-order valence-electron chi connectivity index (χ1n) is 7.73. The van der Waals surface area contributed by atoms with Crippen LogP contribution < -0.4 is 0 Å². The lowest BCUT2D eigenvalue weighted by Gasteiger charge is -2.02. The lowest BCUT2D eigenvalue weighted by Crippen LogP contribution is -2.01. The smallest absolute Gasteiger partial charge is 0.341 e. The van der Waals surface area contributed by atoms with Gasteiger partial charge in [-0.15, -0.1) is 0 Å². The molecule has 0 aliphatic heterocycles. The van der Waals surface area contributed by atoms with Crippen molar-refractivity contribution in [2.75, 3.05) is 20.8 Å². The van der Waals surface area contributed by atoms with Crippen molar-refractivity contribution in [3.63, 3.8) is 0 Å². The second-order valence-electron chi connectivity index (χ2n) is 5.53. The minimum absolute atomic E-state index is 0.394. The molecule has 3 heterocycles. The monoisotopic (exact) mass is 328 g/mol. The number of aromatic nitrogens is 4. The fraction of sp³-hybridized carbons (Fsp3) is 0.353. The molecule has 0 atom stereocenters. The number of esters is 1. The van der Waals surface area contributed by atoms with Gasteiger partial charge >= 0.3 is 5.97 Å². The van der Waals surface area contributed by atoms with Crippen molar-refractivity contribution in [3.05, 3.63) is 42.0 Å². The van der Waals surface area contributed by atoms with E-state index in [1.807, 2.05) is 36.1 Å². The first kappa shape index (κ1) is 16.2. The van der Waals surface area contributed by atoms with Crippen LogP contribution in [0, 0.1) is 6.92 Å². The highest BCUT2D eigenvalue weighted by Crippen LogP contribution is 2.25. The van der Waals surface area contributed by atoms with Crippen molar-refractivity contribution < 1.29 is 14.3 Å². The van der Waals surface area contributed by atoms with Crippen LogP contribution in [-0.4, -0.2) is 46.2 Å². The number of hydrogen-bond acceptors (Lipinski definition) is 5. The maximum absolute atomic E-state index is 11.9. The van der Waals surface area contributed by atoms with Gasteiger partial charge in [0.2, 0.25) is 0 Å². The number of hydrogen-bond donors (Lipinski definition) is 0. The van der Waals surface area contributed by atoms with Gasteiger partial charge < -0.3 is 9.47 Å². The van der Waals surface area contributed by atoms with Crippen molar-refractivity contribution in [2.45, 2.75) is 19.9 Å². The zero-order chi connectivity index (χ0) is 17.1. The van der Waals surface area contributed by atoms with E-state index in [4.69, 9.17) is 9.47 Å². The lowest BCUT2D eigenvalue weighted by atomic mass is 10.1. The van der Waals surface area contributed by atoms with Crippen LogP contribution in [0.1, 0.15) is 22.5 Å². The normalized spacial score (nSPS) is 11.1. The van der Waals surface area contributed by atoms with Gasteiger partial charge in [0, 0.05) is 38.2 Å². The predicted octanol–water partition coefficient (Wildman–Crippen LogP) is 2.33. The van der Waals surface area contributed by atoms with Crippen LogP contribution in [-0.2, 0) is 16.0 Å². The van der Waals surface area contributed by atoms with Gasteiger partial charge in [-0.1, -0.05) is 0 Å². The molecule has 0 saturated heterocycles. The highest BCUT2D eigenvalue weighted by molar-refractivity contribution is 5.97. The third-order valence-electron chi connectivity index (χ3n) is 3.92. The average molecular weight is 328 g/mol. The van der Waals surface area contributed by atoms with Gasteiger partial charge in [-0.05, 0) is 31.0 Å². The Morgan fingerprint density at radius 3 is 2.92 bits per heavy atom. The highest BCUT2D eigenvalue weighted by atomic mass is 16.5. The van der Waals surface area contributed by atoms with Gasteiger partial charge in [-0.3, -0.25) is 4.68 Å².